The maximum absolute atomic E-state index is 6.38. The summed E-state index contributed by atoms with van der Waals surface area (Å²) in [5, 5.41) is 0.579. The molecule has 144 valence electrons. The number of aliphatic imine (C=N–C) groups is 1. The smallest absolute Gasteiger partial charge is 0.162 e. The van der Waals surface area contributed by atoms with Gasteiger partial charge in [-0.25, -0.2) is 0 Å². The highest BCUT2D eigenvalue weighted by Gasteiger charge is 2.11. The summed E-state index contributed by atoms with van der Waals surface area (Å²) in [5.74, 6) is 1.32. The quantitative estimate of drug-likeness (QED) is 0.643. The lowest BCUT2D eigenvalue weighted by molar-refractivity contribution is 0.122. The first kappa shape index (κ1) is 19.5. The number of halogens is 1. The van der Waals surface area contributed by atoms with Gasteiger partial charge in [-0.05, 0) is 44.2 Å². The first-order chi connectivity index (χ1) is 13.2. The zero-order valence-electron chi connectivity index (χ0n) is 15.8. The highest BCUT2D eigenvalue weighted by molar-refractivity contribution is 6.33. The average Bonchev–Trinajstić information content (AvgIpc) is 2.70. The summed E-state index contributed by atoms with van der Waals surface area (Å²) < 4.78 is 16.6. The van der Waals surface area contributed by atoms with Crippen molar-refractivity contribution >= 4 is 29.2 Å². The predicted molar refractivity (Wildman–Crippen MR) is 111 cm³/mol. The number of nitrogens with zero attached hydrogens (tertiary/aromatic N) is 2. The number of hydrogen-bond donors (Lipinski definition) is 0. The van der Waals surface area contributed by atoms with Gasteiger partial charge in [0.15, 0.2) is 11.5 Å². The highest BCUT2D eigenvalue weighted by Crippen LogP contribution is 2.33. The van der Waals surface area contributed by atoms with Gasteiger partial charge >= 0.3 is 0 Å². The normalized spacial score (nSPS) is 14.6. The van der Waals surface area contributed by atoms with Gasteiger partial charge in [-0.15, -0.1) is 0 Å². The van der Waals surface area contributed by atoms with E-state index in [9.17, 15) is 0 Å². The molecule has 1 aliphatic rings. The molecule has 0 unspecified atom stereocenters. The first-order valence-electron chi connectivity index (χ1n) is 9.27. The number of morpholine rings is 1. The number of hydrogen-bond acceptors (Lipinski definition) is 5. The van der Waals surface area contributed by atoms with Crippen LogP contribution in [0, 0.1) is 0 Å². The molecule has 1 heterocycles. The minimum atomic E-state index is 0.555. The Labute approximate surface area is 165 Å². The number of ether oxygens (including phenoxy) is 3. The maximum Gasteiger partial charge on any atom is 0.162 e. The summed E-state index contributed by atoms with van der Waals surface area (Å²) in [6.45, 7) is 8.38. The molecule has 3 rings (SSSR count). The highest BCUT2D eigenvalue weighted by atomic mass is 35.5. The van der Waals surface area contributed by atoms with E-state index < -0.39 is 0 Å². The van der Waals surface area contributed by atoms with Crippen LogP contribution in [-0.2, 0) is 4.74 Å². The van der Waals surface area contributed by atoms with Crippen LogP contribution in [0.25, 0.3) is 0 Å². The van der Waals surface area contributed by atoms with Crippen molar-refractivity contribution in [3.63, 3.8) is 0 Å². The second-order valence-electron chi connectivity index (χ2n) is 6.06. The van der Waals surface area contributed by atoms with Gasteiger partial charge in [0.05, 0.1) is 37.1 Å². The lowest BCUT2D eigenvalue weighted by Crippen LogP contribution is -2.36. The van der Waals surface area contributed by atoms with Crippen LogP contribution in [0.15, 0.2) is 41.4 Å². The Balaban J connectivity index is 1.75. The number of rotatable bonds is 7. The molecule has 0 radical (unpaired) electrons. The van der Waals surface area contributed by atoms with Crippen molar-refractivity contribution in [1.29, 1.82) is 0 Å². The molecule has 0 saturated carbocycles. The van der Waals surface area contributed by atoms with E-state index in [2.05, 4.69) is 22.0 Å². The van der Waals surface area contributed by atoms with Crippen molar-refractivity contribution in [2.24, 2.45) is 4.99 Å². The van der Waals surface area contributed by atoms with Crippen molar-refractivity contribution < 1.29 is 14.2 Å². The fraction of sp³-hybridized carbons (Fsp3) is 0.381. The van der Waals surface area contributed by atoms with Crippen LogP contribution in [0.1, 0.15) is 19.4 Å². The van der Waals surface area contributed by atoms with Gasteiger partial charge in [0.25, 0.3) is 0 Å². The van der Waals surface area contributed by atoms with Crippen molar-refractivity contribution in [3.8, 4) is 11.5 Å². The Bertz CT molecular complexity index is 772. The zero-order valence-corrected chi connectivity index (χ0v) is 16.5. The maximum atomic E-state index is 6.38. The standard InChI is InChI=1S/C21H25ClN2O3/c1-3-26-20-13-16(19(22)14-21(20)27-4-2)15-23-17-5-7-18(8-6-17)24-9-11-25-12-10-24/h5-8,13-15H,3-4,9-12H2,1-2H3. The minimum Gasteiger partial charge on any atom is -0.490 e. The summed E-state index contributed by atoms with van der Waals surface area (Å²) >= 11 is 6.38. The number of benzene rings is 2. The van der Waals surface area contributed by atoms with E-state index in [0.717, 1.165) is 37.6 Å². The summed E-state index contributed by atoms with van der Waals surface area (Å²) in [6, 6.07) is 11.8. The minimum absolute atomic E-state index is 0.555. The number of anilines is 1. The van der Waals surface area contributed by atoms with Gasteiger partial charge in [0, 0.05) is 36.6 Å². The van der Waals surface area contributed by atoms with E-state index in [1.165, 1.54) is 5.69 Å². The van der Waals surface area contributed by atoms with Crippen LogP contribution in [0.2, 0.25) is 5.02 Å². The largest absolute Gasteiger partial charge is 0.490 e. The fourth-order valence-electron chi connectivity index (χ4n) is 2.90. The van der Waals surface area contributed by atoms with Crippen LogP contribution < -0.4 is 14.4 Å². The average molecular weight is 389 g/mol. The molecule has 2 aromatic rings. The summed E-state index contributed by atoms with van der Waals surface area (Å²) in [5.41, 5.74) is 2.85. The third-order valence-electron chi connectivity index (χ3n) is 4.24. The second-order valence-corrected chi connectivity index (χ2v) is 6.47. The Morgan fingerprint density at radius 3 is 2.30 bits per heavy atom. The molecule has 0 bridgehead atoms. The van der Waals surface area contributed by atoms with Gasteiger partial charge in [0.1, 0.15) is 0 Å². The van der Waals surface area contributed by atoms with Gasteiger partial charge in [-0.2, -0.15) is 0 Å². The molecule has 2 aromatic carbocycles. The Hall–Kier alpha value is -2.24. The molecule has 6 heteroatoms. The predicted octanol–water partition coefficient (Wildman–Crippen LogP) is 4.72. The Kier molecular flexibility index (Phi) is 6.96. The van der Waals surface area contributed by atoms with E-state index in [4.69, 9.17) is 25.8 Å². The summed E-state index contributed by atoms with van der Waals surface area (Å²) in [4.78, 5) is 6.87. The van der Waals surface area contributed by atoms with E-state index in [0.29, 0.717) is 29.7 Å². The lowest BCUT2D eigenvalue weighted by Gasteiger charge is -2.28. The fourth-order valence-corrected chi connectivity index (χ4v) is 3.10. The molecule has 5 nitrogen and oxygen atoms in total. The first-order valence-corrected chi connectivity index (χ1v) is 9.65. The molecule has 1 saturated heterocycles. The molecule has 1 aliphatic heterocycles. The Morgan fingerprint density at radius 2 is 1.67 bits per heavy atom. The van der Waals surface area contributed by atoms with Crippen LogP contribution >= 0.6 is 11.6 Å². The summed E-state index contributed by atoms with van der Waals surface area (Å²) in [7, 11) is 0. The van der Waals surface area contributed by atoms with Gasteiger partial charge in [-0.3, -0.25) is 4.99 Å². The molecule has 0 N–H and O–H groups in total. The Morgan fingerprint density at radius 1 is 1.04 bits per heavy atom. The molecule has 1 fully saturated rings. The molecular formula is C21H25ClN2O3. The third-order valence-corrected chi connectivity index (χ3v) is 4.57. The van der Waals surface area contributed by atoms with Crippen LogP contribution in [-0.4, -0.2) is 45.7 Å². The van der Waals surface area contributed by atoms with Crippen molar-refractivity contribution in [2.45, 2.75) is 13.8 Å². The van der Waals surface area contributed by atoms with Gasteiger partial charge in [-0.1, -0.05) is 11.6 Å². The SMILES string of the molecule is CCOc1cc(Cl)c(C=Nc2ccc(N3CCOCC3)cc2)cc1OCC. The van der Waals surface area contributed by atoms with Crippen LogP contribution in [0.3, 0.4) is 0 Å². The molecular weight excluding hydrogens is 364 g/mol. The van der Waals surface area contributed by atoms with Crippen molar-refractivity contribution in [3.05, 3.63) is 47.0 Å². The third kappa shape index (κ3) is 5.15. The van der Waals surface area contributed by atoms with Gasteiger partial charge in [0.2, 0.25) is 0 Å². The van der Waals surface area contributed by atoms with E-state index >= 15 is 0 Å². The molecule has 0 aromatic heterocycles. The van der Waals surface area contributed by atoms with Crippen molar-refractivity contribution in [1.82, 2.24) is 0 Å². The van der Waals surface area contributed by atoms with Crippen molar-refractivity contribution in [2.75, 3.05) is 44.4 Å². The molecule has 0 amide bonds. The molecule has 0 spiro atoms. The second kappa shape index (κ2) is 9.62. The van der Waals surface area contributed by atoms with Crippen LogP contribution in [0.5, 0.6) is 11.5 Å². The topological polar surface area (TPSA) is 43.3 Å². The van der Waals surface area contributed by atoms with Gasteiger partial charge < -0.3 is 19.1 Å². The monoisotopic (exact) mass is 388 g/mol. The van der Waals surface area contributed by atoms with E-state index in [1.54, 1.807) is 12.3 Å². The molecule has 0 aliphatic carbocycles. The molecule has 27 heavy (non-hydrogen) atoms. The van der Waals surface area contributed by atoms with E-state index in [-0.39, 0.29) is 0 Å². The van der Waals surface area contributed by atoms with Crippen LogP contribution in [0.4, 0.5) is 11.4 Å². The molecule has 0 atom stereocenters. The zero-order chi connectivity index (χ0) is 19.1. The summed E-state index contributed by atoms with van der Waals surface area (Å²) in [6.07, 6.45) is 1.75. The lowest BCUT2D eigenvalue weighted by atomic mass is 10.2. The van der Waals surface area contributed by atoms with E-state index in [1.807, 2.05) is 32.0 Å².